The summed E-state index contributed by atoms with van der Waals surface area (Å²) in [7, 11) is 0. The second kappa shape index (κ2) is 5.54. The van der Waals surface area contributed by atoms with Gasteiger partial charge in [-0.15, -0.1) is 0 Å². The highest BCUT2D eigenvalue weighted by Gasteiger charge is 2.71. The Balaban J connectivity index is 1.52. The van der Waals surface area contributed by atoms with Crippen LogP contribution >= 0.6 is 0 Å². The molecule has 0 spiro atoms. The van der Waals surface area contributed by atoms with E-state index in [1.165, 1.54) is 32.1 Å². The summed E-state index contributed by atoms with van der Waals surface area (Å²) in [5.74, 6) is 1.03. The van der Waals surface area contributed by atoms with Gasteiger partial charge < -0.3 is 15.8 Å². The molecule has 3 N–H and O–H groups in total. The van der Waals surface area contributed by atoms with Gasteiger partial charge in [0, 0.05) is 24.5 Å². The molecule has 1 amide bonds. The van der Waals surface area contributed by atoms with Gasteiger partial charge in [0.2, 0.25) is 5.91 Å². The van der Waals surface area contributed by atoms with Crippen LogP contribution in [0.2, 0.25) is 0 Å². The molecule has 120 valence electrons. The van der Waals surface area contributed by atoms with E-state index in [4.69, 9.17) is 10.5 Å². The third-order valence-corrected chi connectivity index (χ3v) is 6.39. The second-order valence-electron chi connectivity index (χ2n) is 7.83. The molecule has 0 aromatic rings. The molecule has 0 aromatic carbocycles. The summed E-state index contributed by atoms with van der Waals surface area (Å²) in [4.78, 5) is 12.7. The normalized spacial score (nSPS) is 38.6. The van der Waals surface area contributed by atoms with Crippen LogP contribution in [0.1, 0.15) is 58.8 Å². The van der Waals surface area contributed by atoms with Gasteiger partial charge in [0.05, 0.1) is 6.10 Å². The fraction of sp³-hybridized carbons (Fsp3) is 0.941. The van der Waals surface area contributed by atoms with Crippen molar-refractivity contribution in [3.63, 3.8) is 0 Å². The molecule has 4 heteroatoms. The van der Waals surface area contributed by atoms with E-state index >= 15 is 0 Å². The molecule has 1 heterocycles. The first-order chi connectivity index (χ1) is 9.98. The van der Waals surface area contributed by atoms with E-state index in [1.54, 1.807) is 0 Å². The van der Waals surface area contributed by atoms with Crippen LogP contribution in [0.4, 0.5) is 0 Å². The van der Waals surface area contributed by atoms with E-state index in [1.807, 2.05) is 0 Å². The number of hydrogen-bond acceptors (Lipinski definition) is 3. The van der Waals surface area contributed by atoms with Gasteiger partial charge in [-0.3, -0.25) is 4.79 Å². The largest absolute Gasteiger partial charge is 0.377 e. The molecule has 0 bridgehead atoms. The zero-order valence-corrected chi connectivity index (χ0v) is 13.5. The number of hydrogen-bond donors (Lipinski definition) is 2. The van der Waals surface area contributed by atoms with Crippen molar-refractivity contribution in [3.8, 4) is 0 Å². The van der Waals surface area contributed by atoms with E-state index in [0.717, 1.165) is 31.9 Å². The Bertz CT molecular complexity index is 404. The SMILES string of the molecule is CC1(C)C2OCCC2C1(N)C(=O)NCCC1CCCCC1. The van der Waals surface area contributed by atoms with Gasteiger partial charge in [0.15, 0.2) is 0 Å². The third kappa shape index (κ3) is 2.31. The second-order valence-corrected chi connectivity index (χ2v) is 7.83. The molecule has 3 rings (SSSR count). The molecule has 2 aliphatic carbocycles. The highest BCUT2D eigenvalue weighted by molar-refractivity contribution is 5.89. The molecule has 3 atom stereocenters. The molecular formula is C17H30N2O2. The number of carbonyl (C=O) groups is 1. The highest BCUT2D eigenvalue weighted by Crippen LogP contribution is 2.58. The fourth-order valence-corrected chi connectivity index (χ4v) is 4.86. The Hall–Kier alpha value is -0.610. The number of carbonyl (C=O) groups excluding carboxylic acids is 1. The van der Waals surface area contributed by atoms with E-state index in [2.05, 4.69) is 19.2 Å². The molecule has 4 nitrogen and oxygen atoms in total. The summed E-state index contributed by atoms with van der Waals surface area (Å²) in [5, 5.41) is 3.12. The molecule has 0 radical (unpaired) electrons. The monoisotopic (exact) mass is 294 g/mol. The van der Waals surface area contributed by atoms with Crippen molar-refractivity contribution < 1.29 is 9.53 Å². The molecule has 3 aliphatic rings. The quantitative estimate of drug-likeness (QED) is 0.835. The van der Waals surface area contributed by atoms with Crippen LogP contribution in [0.25, 0.3) is 0 Å². The van der Waals surface area contributed by atoms with Crippen LogP contribution < -0.4 is 11.1 Å². The summed E-state index contributed by atoms with van der Waals surface area (Å²) >= 11 is 0. The third-order valence-electron chi connectivity index (χ3n) is 6.39. The smallest absolute Gasteiger partial charge is 0.241 e. The predicted molar refractivity (Wildman–Crippen MR) is 82.7 cm³/mol. The lowest BCUT2D eigenvalue weighted by molar-refractivity contribution is -0.175. The summed E-state index contributed by atoms with van der Waals surface area (Å²) < 4.78 is 5.75. The molecule has 1 saturated heterocycles. The molecule has 1 aliphatic heterocycles. The van der Waals surface area contributed by atoms with Gasteiger partial charge in [0.25, 0.3) is 0 Å². The lowest BCUT2D eigenvalue weighted by Crippen LogP contribution is -2.80. The average molecular weight is 294 g/mol. The van der Waals surface area contributed by atoms with Crippen molar-refractivity contribution in [1.29, 1.82) is 0 Å². The van der Waals surface area contributed by atoms with Gasteiger partial charge in [-0.25, -0.2) is 0 Å². The lowest BCUT2D eigenvalue weighted by Gasteiger charge is -2.60. The van der Waals surface area contributed by atoms with E-state index < -0.39 is 5.54 Å². The summed E-state index contributed by atoms with van der Waals surface area (Å²) in [6, 6.07) is 0. The Labute approximate surface area is 128 Å². The van der Waals surface area contributed by atoms with Crippen molar-refractivity contribution in [2.45, 2.75) is 70.4 Å². The van der Waals surface area contributed by atoms with Crippen LogP contribution in [-0.2, 0) is 9.53 Å². The van der Waals surface area contributed by atoms with Crippen LogP contribution in [-0.4, -0.2) is 30.7 Å². The number of nitrogens with one attached hydrogen (secondary N) is 1. The van der Waals surface area contributed by atoms with Crippen LogP contribution in [0.3, 0.4) is 0 Å². The Kier molecular flexibility index (Phi) is 4.04. The Morgan fingerprint density at radius 1 is 1.24 bits per heavy atom. The number of fused-ring (bicyclic) bond motifs is 1. The highest BCUT2D eigenvalue weighted by atomic mass is 16.5. The molecule has 3 fully saturated rings. The Morgan fingerprint density at radius 2 is 1.95 bits per heavy atom. The zero-order valence-electron chi connectivity index (χ0n) is 13.5. The minimum absolute atomic E-state index is 0.0371. The summed E-state index contributed by atoms with van der Waals surface area (Å²) in [6.45, 7) is 5.66. The van der Waals surface area contributed by atoms with Crippen molar-refractivity contribution in [2.24, 2.45) is 23.0 Å². The van der Waals surface area contributed by atoms with Gasteiger partial charge >= 0.3 is 0 Å². The maximum atomic E-state index is 12.7. The maximum absolute atomic E-state index is 12.7. The lowest BCUT2D eigenvalue weighted by atomic mass is 9.48. The first kappa shape index (κ1) is 15.3. The fourth-order valence-electron chi connectivity index (χ4n) is 4.86. The van der Waals surface area contributed by atoms with Crippen molar-refractivity contribution in [1.82, 2.24) is 5.32 Å². The van der Waals surface area contributed by atoms with Gasteiger partial charge in [-0.2, -0.15) is 0 Å². The Morgan fingerprint density at radius 3 is 2.67 bits per heavy atom. The maximum Gasteiger partial charge on any atom is 0.241 e. The molecule has 0 aromatic heterocycles. The summed E-state index contributed by atoms with van der Waals surface area (Å²) in [6.07, 6.45) is 8.92. The standard InChI is InChI=1S/C17H30N2O2/c1-16(2)14-13(9-11-21-14)17(16,18)15(20)19-10-8-12-6-4-3-5-7-12/h12-14H,3-11,18H2,1-2H3,(H,19,20). The molecule has 3 unspecified atom stereocenters. The summed E-state index contributed by atoms with van der Waals surface area (Å²) in [5.41, 5.74) is 5.53. The van der Waals surface area contributed by atoms with Crippen LogP contribution in [0, 0.1) is 17.3 Å². The first-order valence-electron chi connectivity index (χ1n) is 8.66. The topological polar surface area (TPSA) is 64.3 Å². The number of amides is 1. The van der Waals surface area contributed by atoms with Gasteiger partial charge in [-0.05, 0) is 18.8 Å². The molecular weight excluding hydrogens is 264 g/mol. The van der Waals surface area contributed by atoms with Gasteiger partial charge in [-0.1, -0.05) is 46.0 Å². The zero-order chi connectivity index (χ0) is 15.1. The first-order valence-corrected chi connectivity index (χ1v) is 8.66. The number of nitrogens with two attached hydrogens (primary N) is 1. The molecule has 2 saturated carbocycles. The van der Waals surface area contributed by atoms with Crippen LogP contribution in [0.15, 0.2) is 0 Å². The minimum Gasteiger partial charge on any atom is -0.377 e. The minimum atomic E-state index is -0.749. The number of ether oxygens (including phenoxy) is 1. The van der Waals surface area contributed by atoms with Crippen LogP contribution in [0.5, 0.6) is 0 Å². The van der Waals surface area contributed by atoms with Crippen molar-refractivity contribution >= 4 is 5.91 Å². The predicted octanol–water partition coefficient (Wildman–Crippen LogP) is 2.22. The van der Waals surface area contributed by atoms with Crippen molar-refractivity contribution in [3.05, 3.63) is 0 Å². The van der Waals surface area contributed by atoms with E-state index in [0.29, 0.717) is 0 Å². The van der Waals surface area contributed by atoms with Gasteiger partial charge in [0.1, 0.15) is 5.54 Å². The van der Waals surface area contributed by atoms with E-state index in [-0.39, 0.29) is 23.3 Å². The average Bonchev–Trinajstić information content (AvgIpc) is 2.95. The van der Waals surface area contributed by atoms with E-state index in [9.17, 15) is 4.79 Å². The number of rotatable bonds is 4. The van der Waals surface area contributed by atoms with Crippen molar-refractivity contribution in [2.75, 3.05) is 13.2 Å². The molecule has 21 heavy (non-hydrogen) atoms.